The van der Waals surface area contributed by atoms with Crippen molar-refractivity contribution in [2.45, 2.75) is 41.7 Å². The van der Waals surface area contributed by atoms with Gasteiger partial charge in [-0.15, -0.1) is 0 Å². The molecule has 0 spiro atoms. The van der Waals surface area contributed by atoms with Crippen molar-refractivity contribution in [1.82, 2.24) is 9.71 Å². The number of hydrogen-bond acceptors (Lipinski definition) is 5. The van der Waals surface area contributed by atoms with Gasteiger partial charge in [0.25, 0.3) is 0 Å². The second-order valence-electron chi connectivity index (χ2n) is 5.19. The average molecular weight is 315 g/mol. The minimum absolute atomic E-state index is 0.0316. The highest BCUT2D eigenvalue weighted by molar-refractivity contribution is 8.00. The highest BCUT2D eigenvalue weighted by Crippen LogP contribution is 2.38. The molecule has 1 saturated carbocycles. The Balaban J connectivity index is 2.08. The minimum Gasteiger partial charge on any atom is -0.384 e. The maximum absolute atomic E-state index is 12.3. The molecule has 3 N–H and O–H groups in total. The predicted molar refractivity (Wildman–Crippen MR) is 83.2 cm³/mol. The van der Waals surface area contributed by atoms with Gasteiger partial charge in [-0.25, -0.2) is 18.1 Å². The molecular weight excluding hydrogens is 294 g/mol. The van der Waals surface area contributed by atoms with Crippen molar-refractivity contribution < 1.29 is 8.42 Å². The zero-order chi connectivity index (χ0) is 14.6. The van der Waals surface area contributed by atoms with Crippen molar-refractivity contribution in [3.63, 3.8) is 0 Å². The molecule has 0 radical (unpaired) electrons. The number of pyridine rings is 1. The summed E-state index contributed by atoms with van der Waals surface area (Å²) in [6.07, 6.45) is 9.19. The zero-order valence-corrected chi connectivity index (χ0v) is 13.3. The van der Waals surface area contributed by atoms with Gasteiger partial charge in [0, 0.05) is 23.6 Å². The molecule has 112 valence electrons. The Bertz CT molecular complexity index is 554. The summed E-state index contributed by atoms with van der Waals surface area (Å²) in [5.74, 6) is 0.213. The highest BCUT2D eigenvalue weighted by Gasteiger charge is 2.32. The Labute approximate surface area is 124 Å². The van der Waals surface area contributed by atoms with Crippen LogP contribution in [0.25, 0.3) is 0 Å². The van der Waals surface area contributed by atoms with Crippen LogP contribution in [0.4, 0.5) is 5.82 Å². The summed E-state index contributed by atoms with van der Waals surface area (Å²) in [6.45, 7) is 0.471. The normalized spacial score (nSPS) is 18.9. The smallest absolute Gasteiger partial charge is 0.240 e. The van der Waals surface area contributed by atoms with Crippen LogP contribution in [0.15, 0.2) is 23.2 Å². The molecule has 1 fully saturated rings. The molecule has 0 bridgehead atoms. The van der Waals surface area contributed by atoms with Crippen molar-refractivity contribution in [3.05, 3.63) is 18.3 Å². The third-order valence-corrected chi connectivity index (χ3v) is 6.66. The van der Waals surface area contributed by atoms with Gasteiger partial charge in [-0.1, -0.05) is 19.3 Å². The molecule has 0 unspecified atom stereocenters. The van der Waals surface area contributed by atoms with E-state index in [4.69, 9.17) is 5.73 Å². The standard InChI is InChI=1S/C13H21N3O2S2/c1-19-13(6-3-2-4-7-13)10-16-20(17,18)11-5-8-15-12(14)9-11/h5,8-9,16H,2-4,6-7,10H2,1H3,(H2,14,15). The first-order chi connectivity index (χ1) is 9.47. The number of hydrogen-bond donors (Lipinski definition) is 2. The second kappa shape index (κ2) is 6.32. The first-order valence-corrected chi connectivity index (χ1v) is 9.45. The van der Waals surface area contributed by atoms with Crippen LogP contribution < -0.4 is 10.5 Å². The number of aromatic nitrogens is 1. The number of sulfonamides is 1. The Kier molecular flexibility index (Phi) is 4.93. The SMILES string of the molecule is CSC1(CNS(=O)(=O)c2ccnc(N)c2)CCCCC1. The third kappa shape index (κ3) is 3.65. The van der Waals surface area contributed by atoms with Crippen molar-refractivity contribution in [3.8, 4) is 0 Å². The van der Waals surface area contributed by atoms with Crippen molar-refractivity contribution in [1.29, 1.82) is 0 Å². The zero-order valence-electron chi connectivity index (χ0n) is 11.6. The molecule has 2 rings (SSSR count). The van der Waals surface area contributed by atoms with Crippen LogP contribution in [0.5, 0.6) is 0 Å². The van der Waals surface area contributed by atoms with Gasteiger partial charge in [-0.2, -0.15) is 11.8 Å². The van der Waals surface area contributed by atoms with Gasteiger partial charge >= 0.3 is 0 Å². The van der Waals surface area contributed by atoms with Gasteiger partial charge in [-0.3, -0.25) is 0 Å². The van der Waals surface area contributed by atoms with E-state index >= 15 is 0 Å². The fourth-order valence-electron chi connectivity index (χ4n) is 2.55. The molecule has 5 nitrogen and oxygen atoms in total. The molecule has 1 heterocycles. The molecule has 1 aromatic heterocycles. The lowest BCUT2D eigenvalue weighted by Crippen LogP contribution is -2.41. The third-order valence-electron chi connectivity index (χ3n) is 3.85. The summed E-state index contributed by atoms with van der Waals surface area (Å²) >= 11 is 1.77. The van der Waals surface area contributed by atoms with Crippen LogP contribution >= 0.6 is 11.8 Å². The molecule has 0 aliphatic heterocycles. The van der Waals surface area contributed by atoms with E-state index in [0.717, 1.165) is 12.8 Å². The van der Waals surface area contributed by atoms with Crippen molar-refractivity contribution >= 4 is 27.6 Å². The van der Waals surface area contributed by atoms with E-state index in [9.17, 15) is 8.42 Å². The fourth-order valence-corrected chi connectivity index (χ4v) is 4.71. The summed E-state index contributed by atoms with van der Waals surface area (Å²) in [4.78, 5) is 3.99. The Morgan fingerprint density at radius 3 is 2.70 bits per heavy atom. The summed E-state index contributed by atoms with van der Waals surface area (Å²) in [6, 6.07) is 2.85. The number of rotatable bonds is 5. The molecule has 1 aromatic rings. The number of nitrogens with one attached hydrogen (secondary N) is 1. The van der Waals surface area contributed by atoms with Crippen LogP contribution in [0.3, 0.4) is 0 Å². The molecular formula is C13H21N3O2S2. The van der Waals surface area contributed by atoms with E-state index in [1.165, 1.54) is 37.6 Å². The predicted octanol–water partition coefficient (Wildman–Crippen LogP) is 2.01. The molecule has 20 heavy (non-hydrogen) atoms. The van der Waals surface area contributed by atoms with Crippen LogP contribution in [-0.2, 0) is 10.0 Å². The van der Waals surface area contributed by atoms with E-state index in [1.807, 2.05) is 0 Å². The molecule has 0 atom stereocenters. The summed E-state index contributed by atoms with van der Waals surface area (Å²) in [5.41, 5.74) is 5.54. The summed E-state index contributed by atoms with van der Waals surface area (Å²) < 4.78 is 27.3. The second-order valence-corrected chi connectivity index (χ2v) is 8.23. The van der Waals surface area contributed by atoms with Gasteiger partial charge in [0.05, 0.1) is 4.90 Å². The number of nitrogens with zero attached hydrogens (tertiary/aromatic N) is 1. The van der Waals surface area contributed by atoms with E-state index in [0.29, 0.717) is 6.54 Å². The van der Waals surface area contributed by atoms with Crippen LogP contribution in [0, 0.1) is 0 Å². The summed E-state index contributed by atoms with van der Waals surface area (Å²) in [5, 5.41) is 0. The number of anilines is 1. The van der Waals surface area contributed by atoms with Crippen LogP contribution in [-0.4, -0.2) is 30.9 Å². The van der Waals surface area contributed by atoms with Gasteiger partial charge in [-0.05, 0) is 25.2 Å². The minimum atomic E-state index is -3.51. The topological polar surface area (TPSA) is 85.1 Å². The Morgan fingerprint density at radius 2 is 2.10 bits per heavy atom. The van der Waals surface area contributed by atoms with E-state index in [1.54, 1.807) is 11.8 Å². The highest BCUT2D eigenvalue weighted by atomic mass is 32.2. The lowest BCUT2D eigenvalue weighted by molar-refractivity contribution is 0.395. The lowest BCUT2D eigenvalue weighted by Gasteiger charge is -2.35. The van der Waals surface area contributed by atoms with Crippen molar-refractivity contribution in [2.24, 2.45) is 0 Å². The maximum Gasteiger partial charge on any atom is 0.240 e. The number of nitrogen functional groups attached to an aromatic ring is 1. The molecule has 7 heteroatoms. The molecule has 1 aliphatic carbocycles. The molecule has 0 amide bonds. The maximum atomic E-state index is 12.3. The van der Waals surface area contributed by atoms with Crippen molar-refractivity contribution in [2.75, 3.05) is 18.5 Å². The first kappa shape index (κ1) is 15.6. The number of nitrogens with two attached hydrogens (primary N) is 1. The van der Waals surface area contributed by atoms with E-state index in [-0.39, 0.29) is 15.5 Å². The van der Waals surface area contributed by atoms with Gasteiger partial charge in [0.2, 0.25) is 10.0 Å². The van der Waals surface area contributed by atoms with Crippen LogP contribution in [0.2, 0.25) is 0 Å². The first-order valence-electron chi connectivity index (χ1n) is 6.74. The van der Waals surface area contributed by atoms with E-state index in [2.05, 4.69) is 16.0 Å². The molecule has 1 aliphatic rings. The Hall–Kier alpha value is -0.790. The quantitative estimate of drug-likeness (QED) is 0.868. The summed E-state index contributed by atoms with van der Waals surface area (Å²) in [7, 11) is -3.51. The molecule has 0 saturated heterocycles. The number of thioether (sulfide) groups is 1. The molecule has 0 aromatic carbocycles. The fraction of sp³-hybridized carbons (Fsp3) is 0.615. The largest absolute Gasteiger partial charge is 0.384 e. The van der Waals surface area contributed by atoms with Gasteiger partial charge < -0.3 is 5.73 Å². The van der Waals surface area contributed by atoms with Gasteiger partial charge in [0.15, 0.2) is 0 Å². The van der Waals surface area contributed by atoms with Crippen LogP contribution in [0.1, 0.15) is 32.1 Å². The van der Waals surface area contributed by atoms with Gasteiger partial charge in [0.1, 0.15) is 5.82 Å². The van der Waals surface area contributed by atoms with E-state index < -0.39 is 10.0 Å². The monoisotopic (exact) mass is 315 g/mol. The average Bonchev–Trinajstić information content (AvgIpc) is 2.46. The Morgan fingerprint density at radius 1 is 1.40 bits per heavy atom. The lowest BCUT2D eigenvalue weighted by atomic mass is 9.88.